The van der Waals surface area contributed by atoms with Crippen LogP contribution in [0.3, 0.4) is 0 Å². The van der Waals surface area contributed by atoms with Crippen molar-refractivity contribution in [1.82, 2.24) is 10.2 Å². The average Bonchev–Trinajstić information content (AvgIpc) is 2.62. The van der Waals surface area contributed by atoms with Crippen molar-refractivity contribution in [2.75, 3.05) is 32.7 Å². The van der Waals surface area contributed by atoms with Gasteiger partial charge in [0.05, 0.1) is 0 Å². The van der Waals surface area contributed by atoms with E-state index in [9.17, 15) is 0 Å². The first kappa shape index (κ1) is 12.1. The Morgan fingerprint density at radius 2 is 2.38 bits per heavy atom. The van der Waals surface area contributed by atoms with Gasteiger partial charge in [-0.2, -0.15) is 0 Å². The normalized spacial score (nSPS) is 20.6. The van der Waals surface area contributed by atoms with Crippen molar-refractivity contribution in [2.45, 2.75) is 19.8 Å². The molecule has 1 aromatic rings. The van der Waals surface area contributed by atoms with Gasteiger partial charge in [0, 0.05) is 24.5 Å². The maximum absolute atomic E-state index is 3.46. The molecule has 1 aliphatic rings. The van der Waals surface area contributed by atoms with Crippen LogP contribution in [0.25, 0.3) is 0 Å². The van der Waals surface area contributed by atoms with Crippen LogP contribution in [0.4, 0.5) is 0 Å². The Labute approximate surface area is 103 Å². The SMILES string of the molecule is CC(Cc1cccs1)CN1CCCNCC1. The minimum atomic E-state index is 0.775. The number of hydrogen-bond acceptors (Lipinski definition) is 3. The number of nitrogens with zero attached hydrogens (tertiary/aromatic N) is 1. The molecule has 2 rings (SSSR count). The van der Waals surface area contributed by atoms with E-state index in [0.717, 1.165) is 12.5 Å². The zero-order valence-corrected chi connectivity index (χ0v) is 10.9. The third-order valence-electron chi connectivity index (χ3n) is 3.13. The van der Waals surface area contributed by atoms with Gasteiger partial charge in [-0.25, -0.2) is 0 Å². The van der Waals surface area contributed by atoms with Crippen LogP contribution in [-0.2, 0) is 6.42 Å². The van der Waals surface area contributed by atoms with E-state index in [0.29, 0.717) is 0 Å². The first-order valence-corrected chi connectivity index (χ1v) is 7.18. The van der Waals surface area contributed by atoms with Crippen molar-refractivity contribution in [3.05, 3.63) is 22.4 Å². The van der Waals surface area contributed by atoms with E-state index in [4.69, 9.17) is 0 Å². The summed E-state index contributed by atoms with van der Waals surface area (Å²) in [5.74, 6) is 0.775. The highest BCUT2D eigenvalue weighted by atomic mass is 32.1. The standard InChI is InChI=1S/C13H22N2S/c1-12(10-13-4-2-9-16-13)11-15-7-3-5-14-6-8-15/h2,4,9,12,14H,3,5-8,10-11H2,1H3. The number of thiophene rings is 1. The molecule has 2 heterocycles. The second kappa shape index (κ2) is 6.38. The monoisotopic (exact) mass is 238 g/mol. The highest BCUT2D eigenvalue weighted by molar-refractivity contribution is 7.09. The maximum atomic E-state index is 3.46. The molecule has 0 aromatic carbocycles. The van der Waals surface area contributed by atoms with E-state index in [1.54, 1.807) is 0 Å². The van der Waals surface area contributed by atoms with Crippen LogP contribution < -0.4 is 5.32 Å². The van der Waals surface area contributed by atoms with Crippen LogP contribution in [0.15, 0.2) is 17.5 Å². The summed E-state index contributed by atoms with van der Waals surface area (Å²) in [6, 6.07) is 4.41. The molecule has 3 heteroatoms. The summed E-state index contributed by atoms with van der Waals surface area (Å²) >= 11 is 1.89. The van der Waals surface area contributed by atoms with Gasteiger partial charge >= 0.3 is 0 Å². The van der Waals surface area contributed by atoms with Gasteiger partial charge in [-0.3, -0.25) is 0 Å². The van der Waals surface area contributed by atoms with E-state index < -0.39 is 0 Å². The largest absolute Gasteiger partial charge is 0.315 e. The molecule has 0 amide bonds. The highest BCUT2D eigenvalue weighted by Crippen LogP contribution is 2.15. The van der Waals surface area contributed by atoms with Crippen LogP contribution in [0.1, 0.15) is 18.2 Å². The van der Waals surface area contributed by atoms with Crippen LogP contribution in [0.5, 0.6) is 0 Å². The van der Waals surface area contributed by atoms with Gasteiger partial charge in [-0.1, -0.05) is 13.0 Å². The fourth-order valence-electron chi connectivity index (χ4n) is 2.36. The van der Waals surface area contributed by atoms with E-state index in [-0.39, 0.29) is 0 Å². The topological polar surface area (TPSA) is 15.3 Å². The molecule has 0 bridgehead atoms. The Bertz CT molecular complexity index is 276. The van der Waals surface area contributed by atoms with Crippen molar-refractivity contribution in [1.29, 1.82) is 0 Å². The summed E-state index contributed by atoms with van der Waals surface area (Å²) in [7, 11) is 0. The van der Waals surface area contributed by atoms with Gasteiger partial charge in [0.25, 0.3) is 0 Å². The van der Waals surface area contributed by atoms with Crippen LogP contribution >= 0.6 is 11.3 Å². The molecule has 0 saturated carbocycles. The number of rotatable bonds is 4. The molecule has 1 N–H and O–H groups in total. The molecule has 16 heavy (non-hydrogen) atoms. The molecule has 0 aliphatic carbocycles. The number of hydrogen-bond donors (Lipinski definition) is 1. The second-order valence-corrected chi connectivity index (χ2v) is 5.83. The van der Waals surface area contributed by atoms with Crippen molar-refractivity contribution in [3.63, 3.8) is 0 Å². The third-order valence-corrected chi connectivity index (χ3v) is 4.03. The molecule has 0 spiro atoms. The summed E-state index contributed by atoms with van der Waals surface area (Å²) in [5, 5.41) is 5.63. The van der Waals surface area contributed by atoms with Gasteiger partial charge in [0.1, 0.15) is 0 Å². The Hall–Kier alpha value is -0.380. The minimum absolute atomic E-state index is 0.775. The highest BCUT2D eigenvalue weighted by Gasteiger charge is 2.12. The molecule has 1 aliphatic heterocycles. The van der Waals surface area contributed by atoms with Gasteiger partial charge in [-0.05, 0) is 43.3 Å². The first-order chi connectivity index (χ1) is 7.84. The van der Waals surface area contributed by atoms with E-state index in [1.165, 1.54) is 43.9 Å². The van der Waals surface area contributed by atoms with Crippen molar-refractivity contribution < 1.29 is 0 Å². The smallest absolute Gasteiger partial charge is 0.0107 e. The Morgan fingerprint density at radius 3 is 3.19 bits per heavy atom. The molecule has 1 atom stereocenters. The van der Waals surface area contributed by atoms with E-state index in [1.807, 2.05) is 11.3 Å². The van der Waals surface area contributed by atoms with Gasteiger partial charge in [0.2, 0.25) is 0 Å². The Kier molecular flexibility index (Phi) is 4.82. The fourth-order valence-corrected chi connectivity index (χ4v) is 3.23. The molecule has 90 valence electrons. The second-order valence-electron chi connectivity index (χ2n) is 4.79. The fraction of sp³-hybridized carbons (Fsp3) is 0.692. The molecule has 2 nitrogen and oxygen atoms in total. The van der Waals surface area contributed by atoms with Gasteiger partial charge in [-0.15, -0.1) is 11.3 Å². The molecular weight excluding hydrogens is 216 g/mol. The van der Waals surface area contributed by atoms with Gasteiger partial charge in [0.15, 0.2) is 0 Å². The lowest BCUT2D eigenvalue weighted by Crippen LogP contribution is -2.32. The van der Waals surface area contributed by atoms with Gasteiger partial charge < -0.3 is 10.2 Å². The van der Waals surface area contributed by atoms with Crippen molar-refractivity contribution in [2.24, 2.45) is 5.92 Å². The lowest BCUT2D eigenvalue weighted by Gasteiger charge is -2.23. The van der Waals surface area contributed by atoms with Crippen LogP contribution in [-0.4, -0.2) is 37.6 Å². The predicted molar refractivity (Wildman–Crippen MR) is 71.1 cm³/mol. The van der Waals surface area contributed by atoms with Crippen molar-refractivity contribution in [3.8, 4) is 0 Å². The summed E-state index contributed by atoms with van der Waals surface area (Å²) in [6.07, 6.45) is 2.54. The molecule has 1 fully saturated rings. The Balaban J connectivity index is 1.75. The summed E-state index contributed by atoms with van der Waals surface area (Å²) in [6.45, 7) is 8.45. The zero-order chi connectivity index (χ0) is 11.2. The molecule has 1 unspecified atom stereocenters. The lowest BCUT2D eigenvalue weighted by atomic mass is 10.1. The zero-order valence-electron chi connectivity index (χ0n) is 10.1. The maximum Gasteiger partial charge on any atom is 0.0107 e. The predicted octanol–water partition coefficient (Wildman–Crippen LogP) is 2.22. The van der Waals surface area contributed by atoms with Crippen LogP contribution in [0.2, 0.25) is 0 Å². The average molecular weight is 238 g/mol. The quantitative estimate of drug-likeness (QED) is 0.865. The first-order valence-electron chi connectivity index (χ1n) is 6.30. The minimum Gasteiger partial charge on any atom is -0.315 e. The molecular formula is C13H22N2S. The Morgan fingerprint density at radius 1 is 1.44 bits per heavy atom. The molecule has 1 aromatic heterocycles. The summed E-state index contributed by atoms with van der Waals surface area (Å²) in [4.78, 5) is 4.14. The van der Waals surface area contributed by atoms with Crippen LogP contribution in [0, 0.1) is 5.92 Å². The molecule has 0 radical (unpaired) electrons. The number of nitrogens with one attached hydrogen (secondary N) is 1. The van der Waals surface area contributed by atoms with Crippen molar-refractivity contribution >= 4 is 11.3 Å². The van der Waals surface area contributed by atoms with E-state index >= 15 is 0 Å². The summed E-state index contributed by atoms with van der Waals surface area (Å²) in [5.41, 5.74) is 0. The molecule has 1 saturated heterocycles. The lowest BCUT2D eigenvalue weighted by molar-refractivity contribution is 0.252. The third kappa shape index (κ3) is 3.89. The summed E-state index contributed by atoms with van der Waals surface area (Å²) < 4.78 is 0. The van der Waals surface area contributed by atoms with E-state index in [2.05, 4.69) is 34.7 Å².